The van der Waals surface area contributed by atoms with E-state index in [-0.39, 0.29) is 0 Å². The Morgan fingerprint density at radius 2 is 0.867 bits per heavy atom. The molecular formula is C6H9O6P3. The van der Waals surface area contributed by atoms with Crippen molar-refractivity contribution >= 4 is 22.8 Å². The highest BCUT2D eigenvalue weighted by molar-refractivity contribution is 7.83. The molecule has 1 heterocycles. The zero-order valence-corrected chi connectivity index (χ0v) is 10.3. The molecule has 1 aliphatic rings. The summed E-state index contributed by atoms with van der Waals surface area (Å²) in [6.45, 7) is 9.53. The molecule has 1 saturated heterocycles. The first-order chi connectivity index (χ1) is 6.80. The van der Waals surface area contributed by atoms with Gasteiger partial charge in [-0.1, -0.05) is 19.7 Å². The highest BCUT2D eigenvalue weighted by atomic mass is 31.3. The molecule has 0 aromatic carbocycles. The van der Waals surface area contributed by atoms with Crippen LogP contribution in [0, 0.1) is 0 Å². The van der Waals surface area contributed by atoms with Crippen molar-refractivity contribution in [2.45, 2.75) is 0 Å². The van der Waals surface area contributed by atoms with Crippen molar-refractivity contribution < 1.29 is 26.6 Å². The number of rotatable bonds is 3. The van der Waals surface area contributed by atoms with Gasteiger partial charge in [0.05, 0.1) is 0 Å². The Kier molecular flexibility index (Phi) is 3.42. The quantitative estimate of drug-likeness (QED) is 0.719. The van der Waals surface area contributed by atoms with E-state index in [1.807, 2.05) is 0 Å². The summed E-state index contributed by atoms with van der Waals surface area (Å²) in [6.07, 6.45) is 0. The maximum Gasteiger partial charge on any atom is 0.368 e. The number of hydrogen-bond acceptors (Lipinski definition) is 6. The highest BCUT2D eigenvalue weighted by Crippen LogP contribution is 2.83. The van der Waals surface area contributed by atoms with Crippen LogP contribution in [0.5, 0.6) is 0 Å². The summed E-state index contributed by atoms with van der Waals surface area (Å²) < 4.78 is 48.7. The Hall–Kier alpha value is -0.210. The predicted molar refractivity (Wildman–Crippen MR) is 56.7 cm³/mol. The van der Waals surface area contributed by atoms with E-state index in [1.165, 1.54) is 0 Å². The maximum atomic E-state index is 11.7. The van der Waals surface area contributed by atoms with Gasteiger partial charge in [0.25, 0.3) is 0 Å². The molecule has 0 aliphatic carbocycles. The minimum Gasteiger partial charge on any atom is -0.254 e. The summed E-state index contributed by atoms with van der Waals surface area (Å²) >= 11 is 0. The van der Waals surface area contributed by atoms with E-state index in [0.717, 1.165) is 17.5 Å². The Bertz CT molecular complexity index is 367. The van der Waals surface area contributed by atoms with Gasteiger partial charge in [-0.15, -0.1) is 0 Å². The zero-order chi connectivity index (χ0) is 11.7. The van der Waals surface area contributed by atoms with Crippen LogP contribution in [0.3, 0.4) is 0 Å². The molecule has 15 heavy (non-hydrogen) atoms. The summed E-state index contributed by atoms with van der Waals surface area (Å²) in [5, 5.41) is 0. The van der Waals surface area contributed by atoms with E-state index in [2.05, 4.69) is 32.7 Å². The fourth-order valence-electron chi connectivity index (χ4n) is 0.721. The van der Waals surface area contributed by atoms with Gasteiger partial charge in [-0.05, 0) is 0 Å². The average molecular weight is 270 g/mol. The second-order valence-electron chi connectivity index (χ2n) is 2.41. The molecule has 6 nitrogen and oxygen atoms in total. The Morgan fingerprint density at radius 1 is 0.667 bits per heavy atom. The summed E-state index contributed by atoms with van der Waals surface area (Å²) in [4.78, 5) is 0. The van der Waals surface area contributed by atoms with Crippen LogP contribution in [0.4, 0.5) is 0 Å². The molecule has 1 aliphatic heterocycles. The van der Waals surface area contributed by atoms with E-state index in [0.29, 0.717) is 0 Å². The minimum atomic E-state index is -3.90. The van der Waals surface area contributed by atoms with Gasteiger partial charge < -0.3 is 0 Å². The molecule has 0 amide bonds. The molecule has 0 bridgehead atoms. The van der Waals surface area contributed by atoms with Gasteiger partial charge in [0, 0.05) is 17.5 Å². The van der Waals surface area contributed by atoms with Crippen LogP contribution in [-0.4, -0.2) is 0 Å². The summed E-state index contributed by atoms with van der Waals surface area (Å²) in [6, 6.07) is 0. The van der Waals surface area contributed by atoms with Crippen LogP contribution >= 0.6 is 22.8 Å². The van der Waals surface area contributed by atoms with Crippen LogP contribution in [0.1, 0.15) is 0 Å². The topological polar surface area (TPSA) is 78.9 Å². The van der Waals surface area contributed by atoms with Crippen LogP contribution in [0.2, 0.25) is 0 Å². The standard InChI is InChI=1S/C6H9O6P3/c1-4-13(7)10-14(8,5-2)12-15(9,6-3)11-13/h4-6H,1-3H2. The summed E-state index contributed by atoms with van der Waals surface area (Å²) in [5.74, 6) is 2.38. The molecule has 0 atom stereocenters. The van der Waals surface area contributed by atoms with E-state index in [4.69, 9.17) is 0 Å². The smallest absolute Gasteiger partial charge is 0.254 e. The molecule has 9 heteroatoms. The monoisotopic (exact) mass is 270 g/mol. The van der Waals surface area contributed by atoms with Crippen molar-refractivity contribution in [3.63, 3.8) is 0 Å². The molecule has 84 valence electrons. The van der Waals surface area contributed by atoms with E-state index in [9.17, 15) is 13.7 Å². The first-order valence-electron chi connectivity index (χ1n) is 3.64. The molecule has 1 fully saturated rings. The van der Waals surface area contributed by atoms with E-state index >= 15 is 0 Å². The van der Waals surface area contributed by atoms with Gasteiger partial charge in [-0.25, -0.2) is 12.9 Å². The van der Waals surface area contributed by atoms with Crippen LogP contribution < -0.4 is 0 Å². The van der Waals surface area contributed by atoms with Gasteiger partial charge in [0.2, 0.25) is 0 Å². The normalized spacial score (nSPS) is 45.6. The molecule has 0 unspecified atom stereocenters. The molecule has 0 spiro atoms. The summed E-state index contributed by atoms with van der Waals surface area (Å²) in [5.41, 5.74) is 0. The van der Waals surface area contributed by atoms with Gasteiger partial charge in [0.15, 0.2) is 0 Å². The average Bonchev–Trinajstić information content (AvgIpc) is 2.16. The third-order valence-electron chi connectivity index (χ3n) is 1.35. The molecule has 0 aromatic rings. The van der Waals surface area contributed by atoms with Gasteiger partial charge in [-0.2, -0.15) is 0 Å². The van der Waals surface area contributed by atoms with Crippen LogP contribution in [0.15, 0.2) is 37.2 Å². The Labute approximate surface area is 87.2 Å². The fourth-order valence-corrected chi connectivity index (χ4v) is 7.29. The van der Waals surface area contributed by atoms with Gasteiger partial charge in [0.1, 0.15) is 0 Å². The Balaban J connectivity index is 3.26. The van der Waals surface area contributed by atoms with Crippen molar-refractivity contribution in [3.05, 3.63) is 37.2 Å². The van der Waals surface area contributed by atoms with Crippen molar-refractivity contribution in [1.82, 2.24) is 0 Å². The third kappa shape index (κ3) is 2.67. The van der Waals surface area contributed by atoms with E-state index in [1.54, 1.807) is 0 Å². The van der Waals surface area contributed by atoms with Crippen LogP contribution in [-0.2, 0) is 26.6 Å². The van der Waals surface area contributed by atoms with Crippen molar-refractivity contribution in [1.29, 1.82) is 0 Å². The minimum absolute atomic E-state index is 0.793. The zero-order valence-electron chi connectivity index (χ0n) is 7.64. The molecule has 0 aromatic heterocycles. The lowest BCUT2D eigenvalue weighted by atomic mass is 11.3. The SMILES string of the molecule is C=CP1(=O)OP(=O)(C=C)OP(=O)(C=C)O1. The molecule has 0 saturated carbocycles. The van der Waals surface area contributed by atoms with E-state index < -0.39 is 22.8 Å². The molecule has 0 radical (unpaired) electrons. The van der Waals surface area contributed by atoms with Crippen molar-refractivity contribution in [3.8, 4) is 0 Å². The maximum absolute atomic E-state index is 11.7. The molecular weight excluding hydrogens is 261 g/mol. The lowest BCUT2D eigenvalue weighted by molar-refractivity contribution is 0.295. The lowest BCUT2D eigenvalue weighted by Gasteiger charge is -2.29. The second kappa shape index (κ2) is 3.99. The molecule has 1 rings (SSSR count). The van der Waals surface area contributed by atoms with Crippen molar-refractivity contribution in [2.75, 3.05) is 0 Å². The number of hydrogen-bond donors (Lipinski definition) is 0. The van der Waals surface area contributed by atoms with Gasteiger partial charge in [-0.3, -0.25) is 13.7 Å². The van der Waals surface area contributed by atoms with Crippen molar-refractivity contribution in [2.24, 2.45) is 0 Å². The largest absolute Gasteiger partial charge is 0.368 e. The van der Waals surface area contributed by atoms with Gasteiger partial charge >= 0.3 is 22.8 Å². The second-order valence-corrected chi connectivity index (χ2v) is 8.71. The van der Waals surface area contributed by atoms with Crippen LogP contribution in [0.25, 0.3) is 0 Å². The third-order valence-corrected chi connectivity index (χ3v) is 8.16. The highest BCUT2D eigenvalue weighted by Gasteiger charge is 2.48. The Morgan fingerprint density at radius 3 is 1.00 bits per heavy atom. The molecule has 0 N–H and O–H groups in total. The summed E-state index contributed by atoms with van der Waals surface area (Å²) in [7, 11) is -11.7. The first-order valence-corrected chi connectivity index (χ1v) is 8.48. The fraction of sp³-hybridized carbons (Fsp3) is 0. The first kappa shape index (κ1) is 12.9. The lowest BCUT2D eigenvalue weighted by Crippen LogP contribution is -2.00. The predicted octanol–water partition coefficient (Wildman–Crippen LogP) is 4.06.